The van der Waals surface area contributed by atoms with Gasteiger partial charge in [-0.25, -0.2) is 4.39 Å². The number of allylic oxidation sites excluding steroid dienone is 2. The number of fused-ring (bicyclic) bond motifs is 1. The smallest absolute Gasteiger partial charge is 0.280 e. The Morgan fingerprint density at radius 1 is 1.00 bits per heavy atom. The summed E-state index contributed by atoms with van der Waals surface area (Å²) in [7, 11) is 0. The fourth-order valence-electron chi connectivity index (χ4n) is 1.82. The summed E-state index contributed by atoms with van der Waals surface area (Å²) in [4.78, 5) is -2.59. The first-order valence-electron chi connectivity index (χ1n) is 4.94. The maximum Gasteiger partial charge on any atom is 0.443 e. The van der Waals surface area contributed by atoms with Gasteiger partial charge in [-0.1, -0.05) is 0 Å². The molecule has 0 unspecified atom stereocenters. The van der Waals surface area contributed by atoms with Crippen LogP contribution in [0.25, 0.3) is 0 Å². The SMILES string of the molecule is F/C(=C1/Sc2nncn2C1(C(F)(F)F)C(F)(F)F)C(F)(F)F. The zero-order valence-corrected chi connectivity index (χ0v) is 10.4. The van der Waals surface area contributed by atoms with Crippen LogP contribution in [0, 0.1) is 0 Å². The molecule has 0 saturated heterocycles. The van der Waals surface area contributed by atoms with Crippen molar-refractivity contribution in [2.24, 2.45) is 0 Å². The molecule has 0 bridgehead atoms. The van der Waals surface area contributed by atoms with Gasteiger partial charge < -0.3 is 0 Å². The van der Waals surface area contributed by atoms with E-state index in [1.165, 1.54) is 0 Å². The van der Waals surface area contributed by atoms with E-state index < -0.39 is 56.3 Å². The molecule has 0 N–H and O–H groups in total. The highest BCUT2D eigenvalue weighted by Gasteiger charge is 2.79. The summed E-state index contributed by atoms with van der Waals surface area (Å²) < 4.78 is 128. The lowest BCUT2D eigenvalue weighted by atomic mass is 9.95. The second kappa shape index (κ2) is 4.52. The van der Waals surface area contributed by atoms with Gasteiger partial charge in [0, 0.05) is 0 Å². The topological polar surface area (TPSA) is 30.7 Å². The molecule has 1 aromatic heterocycles. The fraction of sp³-hybridized carbons (Fsp3) is 0.500. The Hall–Kier alpha value is -1.47. The maximum absolute atomic E-state index is 13.3. The third-order valence-corrected chi connectivity index (χ3v) is 3.81. The molecule has 22 heavy (non-hydrogen) atoms. The monoisotopic (exact) mass is 361 g/mol. The Morgan fingerprint density at radius 2 is 1.50 bits per heavy atom. The Balaban J connectivity index is 2.92. The van der Waals surface area contributed by atoms with E-state index in [1.54, 1.807) is 0 Å². The maximum atomic E-state index is 13.3. The van der Waals surface area contributed by atoms with Gasteiger partial charge in [0.15, 0.2) is 5.16 Å². The van der Waals surface area contributed by atoms with Gasteiger partial charge in [0.25, 0.3) is 5.54 Å². The van der Waals surface area contributed by atoms with Gasteiger partial charge in [-0.05, 0) is 11.8 Å². The fourth-order valence-corrected chi connectivity index (χ4v) is 3.06. The molecule has 1 aliphatic heterocycles. The second-order valence-corrected chi connectivity index (χ2v) is 4.91. The van der Waals surface area contributed by atoms with E-state index in [1.807, 2.05) is 0 Å². The Bertz CT molecular complexity index is 607. The van der Waals surface area contributed by atoms with Crippen LogP contribution in [0.4, 0.5) is 43.9 Å². The summed E-state index contributed by atoms with van der Waals surface area (Å²) in [5.74, 6) is -3.49. The first-order chi connectivity index (χ1) is 9.74. The molecule has 2 heterocycles. The highest BCUT2D eigenvalue weighted by molar-refractivity contribution is 8.03. The number of hydrogen-bond donors (Lipinski definition) is 0. The summed E-state index contributed by atoms with van der Waals surface area (Å²) in [5.41, 5.74) is -5.23. The zero-order valence-electron chi connectivity index (χ0n) is 9.61. The van der Waals surface area contributed by atoms with Crippen LogP contribution < -0.4 is 0 Å². The normalized spacial score (nSPS) is 21.0. The van der Waals surface area contributed by atoms with Crippen molar-refractivity contribution in [3.05, 3.63) is 17.1 Å². The van der Waals surface area contributed by atoms with Crippen molar-refractivity contribution in [1.82, 2.24) is 14.8 Å². The molecule has 1 aliphatic rings. The van der Waals surface area contributed by atoms with Crippen molar-refractivity contribution in [3.8, 4) is 0 Å². The van der Waals surface area contributed by atoms with Gasteiger partial charge in [0.2, 0.25) is 5.83 Å². The number of thioether (sulfide) groups is 1. The van der Waals surface area contributed by atoms with Crippen molar-refractivity contribution in [1.29, 1.82) is 0 Å². The highest BCUT2D eigenvalue weighted by atomic mass is 32.2. The standard InChI is InChI=1S/C8HF10N3S/c9-2(6(10,11)12)3-5(7(13,14)15,8(16,17)18)21-1-19-20-4(21)22-3/h1H/b3-2+. The second-order valence-electron chi connectivity index (χ2n) is 3.93. The summed E-state index contributed by atoms with van der Waals surface area (Å²) >= 11 is -0.728. The molecule has 0 fully saturated rings. The minimum atomic E-state index is -6.32. The molecule has 0 saturated carbocycles. The van der Waals surface area contributed by atoms with Gasteiger partial charge in [-0.2, -0.15) is 39.5 Å². The van der Waals surface area contributed by atoms with Crippen LogP contribution in [0.2, 0.25) is 0 Å². The van der Waals surface area contributed by atoms with Crippen LogP contribution >= 0.6 is 11.8 Å². The molecule has 2 rings (SSSR count). The molecule has 14 heteroatoms. The molecule has 0 amide bonds. The average Bonchev–Trinajstić information content (AvgIpc) is 2.80. The van der Waals surface area contributed by atoms with Crippen molar-refractivity contribution in [3.63, 3.8) is 0 Å². The summed E-state index contributed by atoms with van der Waals surface area (Å²) in [6.45, 7) is 0. The number of nitrogens with zero attached hydrogens (tertiary/aromatic N) is 3. The Kier molecular flexibility index (Phi) is 3.47. The van der Waals surface area contributed by atoms with E-state index in [4.69, 9.17) is 0 Å². The van der Waals surface area contributed by atoms with E-state index in [9.17, 15) is 43.9 Å². The number of alkyl halides is 9. The van der Waals surface area contributed by atoms with Crippen molar-refractivity contribution >= 4 is 11.8 Å². The van der Waals surface area contributed by atoms with Gasteiger partial charge in [-0.15, -0.1) is 10.2 Å². The Morgan fingerprint density at radius 3 is 1.91 bits per heavy atom. The molecule has 124 valence electrons. The highest BCUT2D eigenvalue weighted by Crippen LogP contribution is 2.63. The van der Waals surface area contributed by atoms with Gasteiger partial charge in [0.05, 0.1) is 4.91 Å². The molecule has 0 atom stereocenters. The first kappa shape index (κ1) is 16.9. The number of halogens is 10. The van der Waals surface area contributed by atoms with E-state index >= 15 is 0 Å². The van der Waals surface area contributed by atoms with Crippen LogP contribution in [-0.2, 0) is 5.54 Å². The van der Waals surface area contributed by atoms with E-state index in [0.717, 1.165) is 0 Å². The predicted molar refractivity (Wildman–Crippen MR) is 50.2 cm³/mol. The Labute approximate surface area is 118 Å². The van der Waals surface area contributed by atoms with Crippen molar-refractivity contribution in [2.45, 2.75) is 29.2 Å². The molecule has 1 aromatic rings. The van der Waals surface area contributed by atoms with E-state index in [0.29, 0.717) is 0 Å². The molecular weight excluding hydrogens is 360 g/mol. The largest absolute Gasteiger partial charge is 0.443 e. The molecule has 0 spiro atoms. The van der Waals surface area contributed by atoms with Crippen LogP contribution in [0.3, 0.4) is 0 Å². The molecule has 0 aliphatic carbocycles. The predicted octanol–water partition coefficient (Wildman–Crippen LogP) is 3.95. The van der Waals surface area contributed by atoms with Crippen molar-refractivity contribution < 1.29 is 43.9 Å². The number of rotatable bonds is 0. The summed E-state index contributed by atoms with van der Waals surface area (Å²) in [6, 6.07) is 0. The quantitative estimate of drug-likeness (QED) is 0.656. The summed E-state index contributed by atoms with van der Waals surface area (Å²) in [5, 5.41) is 4.47. The summed E-state index contributed by atoms with van der Waals surface area (Å²) in [6.07, 6.45) is -18.7. The third-order valence-electron chi connectivity index (χ3n) is 2.67. The van der Waals surface area contributed by atoms with Gasteiger partial charge in [0.1, 0.15) is 6.33 Å². The first-order valence-corrected chi connectivity index (χ1v) is 5.75. The van der Waals surface area contributed by atoms with Crippen LogP contribution in [-0.4, -0.2) is 33.3 Å². The van der Waals surface area contributed by atoms with Crippen molar-refractivity contribution in [2.75, 3.05) is 0 Å². The molecule has 3 nitrogen and oxygen atoms in total. The molecular formula is C8HF10N3S. The average molecular weight is 361 g/mol. The lowest BCUT2D eigenvalue weighted by Gasteiger charge is -2.35. The van der Waals surface area contributed by atoms with Gasteiger partial charge in [-0.3, -0.25) is 4.57 Å². The van der Waals surface area contributed by atoms with Crippen LogP contribution in [0.1, 0.15) is 0 Å². The third kappa shape index (κ3) is 2.06. The lowest BCUT2D eigenvalue weighted by Crippen LogP contribution is -2.57. The molecule has 0 aromatic carbocycles. The minimum absolute atomic E-state index is 0.0556. The zero-order chi connectivity index (χ0) is 17.1. The van der Waals surface area contributed by atoms with Gasteiger partial charge >= 0.3 is 18.5 Å². The number of hydrogen-bond acceptors (Lipinski definition) is 3. The van der Waals surface area contributed by atoms with Crippen LogP contribution in [0.15, 0.2) is 22.2 Å². The lowest BCUT2D eigenvalue weighted by molar-refractivity contribution is -0.313. The van der Waals surface area contributed by atoms with E-state index in [2.05, 4.69) is 10.2 Å². The molecule has 0 radical (unpaired) electrons. The number of aromatic nitrogens is 3. The van der Waals surface area contributed by atoms with Crippen LogP contribution in [0.5, 0.6) is 0 Å². The van der Waals surface area contributed by atoms with E-state index in [-0.39, 0.29) is 6.33 Å². The minimum Gasteiger partial charge on any atom is -0.280 e.